The fourth-order valence-corrected chi connectivity index (χ4v) is 3.71. The largest absolute Gasteiger partial charge is 0.365 e. The Morgan fingerprint density at radius 3 is 2.73 bits per heavy atom. The van der Waals surface area contributed by atoms with E-state index in [1.165, 1.54) is 29.6 Å². The van der Waals surface area contributed by atoms with Gasteiger partial charge in [0, 0.05) is 39.8 Å². The number of amides is 1. The van der Waals surface area contributed by atoms with E-state index in [2.05, 4.69) is 32.4 Å². The van der Waals surface area contributed by atoms with Gasteiger partial charge in [0.15, 0.2) is 11.2 Å². The maximum atomic E-state index is 12.5. The number of rotatable bonds is 4. The quantitative estimate of drug-likeness (QED) is 0.580. The van der Waals surface area contributed by atoms with Crippen LogP contribution in [0.4, 0.5) is 11.5 Å². The van der Waals surface area contributed by atoms with Gasteiger partial charge in [0.2, 0.25) is 5.91 Å². The number of piperazine rings is 1. The lowest BCUT2D eigenvalue weighted by Gasteiger charge is -2.35. The molecule has 0 radical (unpaired) electrons. The van der Waals surface area contributed by atoms with Crippen LogP contribution in [-0.4, -0.2) is 55.3 Å². The van der Waals surface area contributed by atoms with Gasteiger partial charge in [-0.1, -0.05) is 0 Å². The zero-order valence-electron chi connectivity index (χ0n) is 17.1. The topological polar surface area (TPSA) is 119 Å². The van der Waals surface area contributed by atoms with Gasteiger partial charge in [0.1, 0.15) is 12.4 Å². The van der Waals surface area contributed by atoms with E-state index in [0.717, 1.165) is 29.9 Å². The van der Waals surface area contributed by atoms with Gasteiger partial charge in [-0.3, -0.25) is 18.7 Å². The Balaban J connectivity index is 1.50. The molecule has 11 heteroatoms. The van der Waals surface area contributed by atoms with Crippen molar-refractivity contribution in [2.75, 3.05) is 29.9 Å². The van der Waals surface area contributed by atoms with Crippen LogP contribution in [0.3, 0.4) is 0 Å². The maximum Gasteiger partial charge on any atom is 0.332 e. The lowest BCUT2D eigenvalue weighted by Crippen LogP contribution is -2.49. The van der Waals surface area contributed by atoms with E-state index < -0.39 is 11.2 Å². The predicted octanol–water partition coefficient (Wildman–Crippen LogP) is -0.734. The van der Waals surface area contributed by atoms with E-state index in [-0.39, 0.29) is 23.6 Å². The fraction of sp³-hybridized carbons (Fsp3) is 0.421. The van der Waals surface area contributed by atoms with Crippen LogP contribution in [0.5, 0.6) is 0 Å². The Kier molecular flexibility index (Phi) is 5.12. The molecule has 0 saturated carbocycles. The number of aromatic nitrogens is 5. The summed E-state index contributed by atoms with van der Waals surface area (Å²) in [5.74, 6) is 0.0808. The zero-order valence-corrected chi connectivity index (χ0v) is 17.1. The van der Waals surface area contributed by atoms with Gasteiger partial charge in [-0.05, 0) is 19.1 Å². The normalized spacial score (nSPS) is 16.8. The number of pyridine rings is 1. The summed E-state index contributed by atoms with van der Waals surface area (Å²) in [7, 11) is 2.93. The summed E-state index contributed by atoms with van der Waals surface area (Å²) >= 11 is 0. The molecule has 1 saturated heterocycles. The van der Waals surface area contributed by atoms with Crippen molar-refractivity contribution in [1.82, 2.24) is 29.0 Å². The molecule has 11 nitrogen and oxygen atoms in total. The summed E-state index contributed by atoms with van der Waals surface area (Å²) in [6.07, 6.45) is 3.13. The van der Waals surface area contributed by atoms with Crippen LogP contribution < -0.4 is 26.8 Å². The third kappa shape index (κ3) is 3.47. The molecule has 0 aromatic carbocycles. The molecule has 3 aromatic heterocycles. The lowest BCUT2D eigenvalue weighted by molar-refractivity contribution is -0.116. The van der Waals surface area contributed by atoms with Crippen molar-refractivity contribution in [3.05, 3.63) is 45.5 Å². The molecule has 1 fully saturated rings. The minimum Gasteiger partial charge on any atom is -0.365 e. The number of anilines is 2. The average Bonchev–Trinajstić information content (AvgIpc) is 3.15. The summed E-state index contributed by atoms with van der Waals surface area (Å²) in [4.78, 5) is 47.7. The summed E-state index contributed by atoms with van der Waals surface area (Å²) in [5, 5.41) is 6.09. The van der Waals surface area contributed by atoms with Crippen molar-refractivity contribution in [1.29, 1.82) is 0 Å². The Bertz CT molecular complexity index is 1210. The first-order valence-electron chi connectivity index (χ1n) is 9.71. The minimum absolute atomic E-state index is 0.123. The molecule has 2 N–H and O–H groups in total. The Morgan fingerprint density at radius 2 is 2.03 bits per heavy atom. The number of fused-ring (bicyclic) bond motifs is 1. The molecule has 0 aliphatic carbocycles. The van der Waals surface area contributed by atoms with Crippen LogP contribution in [0.1, 0.15) is 6.92 Å². The van der Waals surface area contributed by atoms with Crippen molar-refractivity contribution >= 4 is 28.6 Å². The van der Waals surface area contributed by atoms with Crippen LogP contribution in [0.2, 0.25) is 0 Å². The number of nitrogens with zero attached hydrogens (tertiary/aromatic N) is 6. The molecule has 158 valence electrons. The van der Waals surface area contributed by atoms with Crippen molar-refractivity contribution in [2.45, 2.75) is 19.5 Å². The number of imidazole rings is 1. The molecule has 1 aliphatic rings. The van der Waals surface area contributed by atoms with Gasteiger partial charge in [-0.15, -0.1) is 0 Å². The first-order valence-corrected chi connectivity index (χ1v) is 9.71. The number of hydrogen-bond donors (Lipinski definition) is 2. The average molecular weight is 412 g/mol. The SMILES string of the molecule is C[C@H]1CNCCN1c1ccc(NC(=O)Cn2cnc3c2c(=O)n(C)c(=O)n3C)nc1. The molecule has 4 rings (SSSR count). The van der Waals surface area contributed by atoms with Gasteiger partial charge >= 0.3 is 5.69 Å². The highest BCUT2D eigenvalue weighted by molar-refractivity contribution is 5.90. The summed E-state index contributed by atoms with van der Waals surface area (Å²) in [5.41, 5.74) is 0.484. The number of hydrogen-bond acceptors (Lipinski definition) is 7. The van der Waals surface area contributed by atoms with E-state index in [4.69, 9.17) is 0 Å². The first-order chi connectivity index (χ1) is 14.4. The van der Waals surface area contributed by atoms with Gasteiger partial charge in [0.05, 0.1) is 18.2 Å². The predicted molar refractivity (Wildman–Crippen MR) is 113 cm³/mol. The highest BCUT2D eigenvalue weighted by atomic mass is 16.2. The minimum atomic E-state index is -0.494. The molecule has 1 aliphatic heterocycles. The molecule has 1 atom stereocenters. The number of carbonyl (C=O) groups is 1. The summed E-state index contributed by atoms with van der Waals surface area (Å²) < 4.78 is 3.71. The van der Waals surface area contributed by atoms with Crippen LogP contribution in [0.15, 0.2) is 34.2 Å². The fourth-order valence-electron chi connectivity index (χ4n) is 3.71. The second kappa shape index (κ2) is 7.75. The van der Waals surface area contributed by atoms with E-state index in [0.29, 0.717) is 11.9 Å². The van der Waals surface area contributed by atoms with Crippen molar-refractivity contribution < 1.29 is 4.79 Å². The van der Waals surface area contributed by atoms with Gasteiger partial charge in [-0.2, -0.15) is 0 Å². The van der Waals surface area contributed by atoms with E-state index in [1.807, 2.05) is 6.07 Å². The smallest absolute Gasteiger partial charge is 0.332 e. The third-order valence-corrected chi connectivity index (χ3v) is 5.38. The second-order valence-electron chi connectivity index (χ2n) is 7.45. The van der Waals surface area contributed by atoms with E-state index in [1.54, 1.807) is 12.3 Å². The van der Waals surface area contributed by atoms with Gasteiger partial charge in [0.25, 0.3) is 5.56 Å². The zero-order chi connectivity index (χ0) is 21.4. The standard InChI is InChI=1S/C19H24N8O3/c1-12-8-20-6-7-27(12)13-4-5-14(21-9-13)23-15(28)10-26-11-22-17-16(26)18(29)25(3)19(30)24(17)2/h4-5,9,11-12,20H,6-8,10H2,1-3H3,(H,21,23,28)/t12-/m0/s1. The molecule has 0 spiro atoms. The number of nitrogens with one attached hydrogen (secondary N) is 2. The lowest BCUT2D eigenvalue weighted by atomic mass is 10.2. The highest BCUT2D eigenvalue weighted by Gasteiger charge is 2.19. The molecular formula is C19H24N8O3. The summed E-state index contributed by atoms with van der Waals surface area (Å²) in [6.45, 7) is 4.77. The summed E-state index contributed by atoms with van der Waals surface area (Å²) in [6, 6.07) is 4.06. The van der Waals surface area contributed by atoms with Crippen LogP contribution >= 0.6 is 0 Å². The molecule has 0 bridgehead atoms. The van der Waals surface area contributed by atoms with Gasteiger partial charge in [-0.25, -0.2) is 14.8 Å². The molecule has 30 heavy (non-hydrogen) atoms. The van der Waals surface area contributed by atoms with Crippen LogP contribution in [0.25, 0.3) is 11.2 Å². The monoisotopic (exact) mass is 412 g/mol. The van der Waals surface area contributed by atoms with Crippen molar-refractivity contribution in [3.8, 4) is 0 Å². The van der Waals surface area contributed by atoms with E-state index >= 15 is 0 Å². The van der Waals surface area contributed by atoms with Crippen molar-refractivity contribution in [2.24, 2.45) is 14.1 Å². The first kappa shape index (κ1) is 19.8. The van der Waals surface area contributed by atoms with Crippen molar-refractivity contribution in [3.63, 3.8) is 0 Å². The Morgan fingerprint density at radius 1 is 1.23 bits per heavy atom. The number of carbonyl (C=O) groups excluding carboxylic acids is 1. The highest BCUT2D eigenvalue weighted by Crippen LogP contribution is 2.19. The Labute approximate surface area is 172 Å². The van der Waals surface area contributed by atoms with Gasteiger partial charge < -0.3 is 20.1 Å². The third-order valence-electron chi connectivity index (χ3n) is 5.38. The Hall–Kier alpha value is -3.47. The van der Waals surface area contributed by atoms with E-state index in [9.17, 15) is 14.4 Å². The number of aryl methyl sites for hydroxylation is 1. The molecule has 4 heterocycles. The molecule has 1 amide bonds. The second-order valence-corrected chi connectivity index (χ2v) is 7.45. The molecule has 0 unspecified atom stereocenters. The van der Waals surface area contributed by atoms with Crippen LogP contribution in [0, 0.1) is 0 Å². The maximum absolute atomic E-state index is 12.5. The van der Waals surface area contributed by atoms with Crippen LogP contribution in [-0.2, 0) is 25.4 Å². The molecule has 3 aromatic rings. The molecular weight excluding hydrogens is 388 g/mol.